The van der Waals surface area contributed by atoms with Gasteiger partial charge in [-0.05, 0) is 30.6 Å². The molecule has 0 radical (unpaired) electrons. The van der Waals surface area contributed by atoms with Gasteiger partial charge in [-0.3, -0.25) is 0 Å². The van der Waals surface area contributed by atoms with Gasteiger partial charge in [-0.2, -0.15) is 11.8 Å². The molecule has 1 aromatic heterocycles. The van der Waals surface area contributed by atoms with E-state index in [0.29, 0.717) is 17.7 Å². The third kappa shape index (κ3) is 5.01. The number of esters is 1. The Morgan fingerprint density at radius 3 is 2.88 bits per heavy atom. The quantitative estimate of drug-likeness (QED) is 0.579. The first kappa shape index (κ1) is 18.4. The standard InChI is InChI=1S/C16H18ClN3O3S/c1-24-7-6-13(20-16(18)22)15(21)23-9-11-8-10-4-2-3-5-12(10)19-14(11)17/h2-5,8,13H,6-7,9H2,1H3,(H3,18,20,22)/t13-/m1/s1. The first-order valence-corrected chi connectivity index (χ1v) is 9.04. The molecular formula is C16H18ClN3O3S. The molecule has 2 amide bonds. The maximum Gasteiger partial charge on any atom is 0.329 e. The maximum absolute atomic E-state index is 12.2. The molecule has 2 aromatic rings. The highest BCUT2D eigenvalue weighted by Gasteiger charge is 2.21. The lowest BCUT2D eigenvalue weighted by Gasteiger charge is -2.16. The number of hydrogen-bond acceptors (Lipinski definition) is 5. The highest BCUT2D eigenvalue weighted by Crippen LogP contribution is 2.21. The summed E-state index contributed by atoms with van der Waals surface area (Å²) in [7, 11) is 0. The number of halogens is 1. The zero-order chi connectivity index (χ0) is 17.5. The summed E-state index contributed by atoms with van der Waals surface area (Å²) in [6, 6.07) is 7.81. The Bertz CT molecular complexity index is 742. The van der Waals surface area contributed by atoms with Crippen molar-refractivity contribution in [1.82, 2.24) is 10.3 Å². The van der Waals surface area contributed by atoms with Crippen molar-refractivity contribution in [2.75, 3.05) is 12.0 Å². The maximum atomic E-state index is 12.2. The Morgan fingerprint density at radius 2 is 2.17 bits per heavy atom. The smallest absolute Gasteiger partial charge is 0.329 e. The molecular weight excluding hydrogens is 350 g/mol. The van der Waals surface area contributed by atoms with Crippen molar-refractivity contribution in [3.05, 3.63) is 41.0 Å². The number of benzene rings is 1. The fourth-order valence-corrected chi connectivity index (χ4v) is 2.81. The Morgan fingerprint density at radius 1 is 1.42 bits per heavy atom. The number of nitrogens with zero attached hydrogens (tertiary/aromatic N) is 1. The Hall–Kier alpha value is -1.99. The van der Waals surface area contributed by atoms with Crippen LogP contribution >= 0.6 is 23.4 Å². The van der Waals surface area contributed by atoms with E-state index in [1.807, 2.05) is 36.6 Å². The number of urea groups is 1. The first-order chi connectivity index (χ1) is 11.5. The second-order valence-electron chi connectivity index (χ2n) is 5.08. The van der Waals surface area contributed by atoms with Gasteiger partial charge in [-0.25, -0.2) is 14.6 Å². The van der Waals surface area contributed by atoms with E-state index in [4.69, 9.17) is 22.1 Å². The molecule has 8 heteroatoms. The fraction of sp³-hybridized carbons (Fsp3) is 0.312. The van der Waals surface area contributed by atoms with Crippen LogP contribution in [0, 0.1) is 0 Å². The van der Waals surface area contributed by atoms with Gasteiger partial charge in [0.05, 0.1) is 5.52 Å². The number of carbonyl (C=O) groups excluding carboxylic acids is 2. The number of amides is 2. The third-order valence-corrected chi connectivity index (χ3v) is 4.30. The lowest BCUT2D eigenvalue weighted by Crippen LogP contribution is -2.44. The molecule has 0 bridgehead atoms. The summed E-state index contributed by atoms with van der Waals surface area (Å²) in [6.45, 7) is -0.0221. The van der Waals surface area contributed by atoms with Crippen molar-refractivity contribution in [3.8, 4) is 0 Å². The van der Waals surface area contributed by atoms with E-state index in [1.54, 1.807) is 11.8 Å². The van der Waals surface area contributed by atoms with Crippen LogP contribution in [0.25, 0.3) is 10.9 Å². The van der Waals surface area contributed by atoms with Crippen molar-refractivity contribution in [3.63, 3.8) is 0 Å². The van der Waals surface area contributed by atoms with Gasteiger partial charge < -0.3 is 15.8 Å². The molecule has 0 saturated heterocycles. The molecule has 24 heavy (non-hydrogen) atoms. The van der Waals surface area contributed by atoms with E-state index in [0.717, 1.165) is 10.9 Å². The molecule has 0 spiro atoms. The summed E-state index contributed by atoms with van der Waals surface area (Å²) in [5, 5.41) is 3.58. The number of nitrogens with one attached hydrogen (secondary N) is 1. The third-order valence-electron chi connectivity index (χ3n) is 3.33. The van der Waals surface area contributed by atoms with E-state index >= 15 is 0 Å². The SMILES string of the molecule is CSCC[C@@H](NC(N)=O)C(=O)OCc1cc2ccccc2nc1Cl. The van der Waals surface area contributed by atoms with E-state index in [1.165, 1.54) is 0 Å². The average molecular weight is 368 g/mol. The average Bonchev–Trinajstić information content (AvgIpc) is 2.56. The molecule has 1 aromatic carbocycles. The number of nitrogens with two attached hydrogens (primary N) is 1. The topological polar surface area (TPSA) is 94.3 Å². The van der Waals surface area contributed by atoms with Crippen molar-refractivity contribution in [1.29, 1.82) is 0 Å². The number of aromatic nitrogens is 1. The lowest BCUT2D eigenvalue weighted by molar-refractivity contribution is -0.147. The predicted molar refractivity (Wildman–Crippen MR) is 96.1 cm³/mol. The molecule has 2 rings (SSSR count). The summed E-state index contributed by atoms with van der Waals surface area (Å²) < 4.78 is 5.27. The predicted octanol–water partition coefficient (Wildman–Crippen LogP) is 2.72. The Kier molecular flexibility index (Phi) is 6.69. The molecule has 0 fully saturated rings. The molecule has 0 unspecified atom stereocenters. The summed E-state index contributed by atoms with van der Waals surface area (Å²) in [5.74, 6) is 0.144. The molecule has 6 nitrogen and oxygen atoms in total. The van der Waals surface area contributed by atoms with Crippen molar-refractivity contribution >= 4 is 46.3 Å². The highest BCUT2D eigenvalue weighted by molar-refractivity contribution is 7.98. The molecule has 1 atom stereocenters. The van der Waals surface area contributed by atoms with Crippen LogP contribution in [0.2, 0.25) is 5.15 Å². The molecule has 128 valence electrons. The fourth-order valence-electron chi connectivity index (χ4n) is 2.14. The number of fused-ring (bicyclic) bond motifs is 1. The molecule has 0 aliphatic rings. The summed E-state index contributed by atoms with van der Waals surface area (Å²) in [5.41, 5.74) is 6.47. The van der Waals surface area contributed by atoms with Gasteiger partial charge >= 0.3 is 12.0 Å². The number of thioether (sulfide) groups is 1. The van der Waals surface area contributed by atoms with E-state index in [-0.39, 0.29) is 11.8 Å². The van der Waals surface area contributed by atoms with Crippen LogP contribution in [-0.4, -0.2) is 35.0 Å². The van der Waals surface area contributed by atoms with E-state index in [9.17, 15) is 9.59 Å². The van der Waals surface area contributed by atoms with Gasteiger partial charge in [0.1, 0.15) is 17.8 Å². The number of para-hydroxylation sites is 1. The largest absolute Gasteiger partial charge is 0.459 e. The summed E-state index contributed by atoms with van der Waals surface area (Å²) in [6.07, 6.45) is 2.35. The minimum absolute atomic E-state index is 0.0221. The van der Waals surface area contributed by atoms with Gasteiger partial charge in [0, 0.05) is 10.9 Å². The van der Waals surface area contributed by atoms with Crippen LogP contribution < -0.4 is 11.1 Å². The highest BCUT2D eigenvalue weighted by atomic mass is 35.5. The number of carbonyl (C=O) groups is 2. The molecule has 0 aliphatic heterocycles. The number of rotatable bonds is 7. The normalized spacial score (nSPS) is 11.9. The summed E-state index contributed by atoms with van der Waals surface area (Å²) in [4.78, 5) is 27.5. The van der Waals surface area contributed by atoms with Crippen LogP contribution in [0.15, 0.2) is 30.3 Å². The summed E-state index contributed by atoms with van der Waals surface area (Å²) >= 11 is 7.70. The van der Waals surface area contributed by atoms with Gasteiger partial charge in [0.15, 0.2) is 0 Å². The van der Waals surface area contributed by atoms with Crippen LogP contribution in [-0.2, 0) is 16.1 Å². The second-order valence-corrected chi connectivity index (χ2v) is 6.42. The molecule has 0 aliphatic carbocycles. The molecule has 1 heterocycles. The van der Waals surface area contributed by atoms with Crippen molar-refractivity contribution < 1.29 is 14.3 Å². The van der Waals surface area contributed by atoms with Crippen molar-refractivity contribution in [2.24, 2.45) is 5.73 Å². The molecule has 3 N–H and O–H groups in total. The zero-order valence-corrected chi connectivity index (χ0v) is 14.7. The van der Waals surface area contributed by atoms with Crippen LogP contribution in [0.1, 0.15) is 12.0 Å². The number of ether oxygens (including phenoxy) is 1. The number of primary amides is 1. The zero-order valence-electron chi connectivity index (χ0n) is 13.1. The Balaban J connectivity index is 2.06. The van der Waals surface area contributed by atoms with Crippen LogP contribution in [0.4, 0.5) is 4.79 Å². The van der Waals surface area contributed by atoms with Gasteiger partial charge in [-0.15, -0.1) is 0 Å². The van der Waals surface area contributed by atoms with Crippen LogP contribution in [0.5, 0.6) is 0 Å². The van der Waals surface area contributed by atoms with Gasteiger partial charge in [0.25, 0.3) is 0 Å². The lowest BCUT2D eigenvalue weighted by atomic mass is 10.1. The van der Waals surface area contributed by atoms with Gasteiger partial charge in [-0.1, -0.05) is 29.8 Å². The second kappa shape index (κ2) is 8.75. The minimum Gasteiger partial charge on any atom is -0.459 e. The van der Waals surface area contributed by atoms with Crippen LogP contribution in [0.3, 0.4) is 0 Å². The van der Waals surface area contributed by atoms with Gasteiger partial charge in [0.2, 0.25) is 0 Å². The first-order valence-electron chi connectivity index (χ1n) is 7.27. The molecule has 0 saturated carbocycles. The van der Waals surface area contributed by atoms with E-state index in [2.05, 4.69) is 10.3 Å². The van der Waals surface area contributed by atoms with Crippen molar-refractivity contribution in [2.45, 2.75) is 19.1 Å². The Labute approximate surface area is 149 Å². The minimum atomic E-state index is -0.776. The van der Waals surface area contributed by atoms with E-state index < -0.39 is 18.0 Å². The number of hydrogen-bond donors (Lipinski definition) is 2. The monoisotopic (exact) mass is 367 g/mol. The number of pyridine rings is 1.